The van der Waals surface area contributed by atoms with Gasteiger partial charge in [-0.15, -0.1) is 0 Å². The lowest BCUT2D eigenvalue weighted by Gasteiger charge is -2.24. The minimum atomic E-state index is 0.389. The van der Waals surface area contributed by atoms with Gasteiger partial charge in [0.25, 0.3) is 0 Å². The van der Waals surface area contributed by atoms with E-state index in [1.165, 1.54) is 25.7 Å². The third-order valence-corrected chi connectivity index (χ3v) is 3.45. The minimum Gasteiger partial charge on any atom is -0.378 e. The second-order valence-corrected chi connectivity index (χ2v) is 4.48. The quantitative estimate of drug-likeness (QED) is 0.507. The first-order chi connectivity index (χ1) is 6.31. The lowest BCUT2D eigenvalue weighted by molar-refractivity contribution is 0.0935. The molecule has 3 unspecified atom stereocenters. The molecule has 1 saturated carbocycles. The average Bonchev–Trinajstić information content (AvgIpc) is 2.85. The molecular weight excluding hydrogens is 164 g/mol. The first-order valence-corrected chi connectivity index (χ1v) is 5.39. The average molecular weight is 184 g/mol. The zero-order valence-corrected chi connectivity index (χ0v) is 8.33. The fraction of sp³-hybridized carbons (Fsp3) is 1.00. The van der Waals surface area contributed by atoms with Crippen LogP contribution < -0.4 is 11.3 Å². The molecule has 2 aliphatic rings. The number of hydrogen-bond acceptors (Lipinski definition) is 3. The predicted octanol–water partition coefficient (Wildman–Crippen LogP) is 1.04. The van der Waals surface area contributed by atoms with Gasteiger partial charge in [-0.1, -0.05) is 12.8 Å². The summed E-state index contributed by atoms with van der Waals surface area (Å²) in [7, 11) is 0. The first kappa shape index (κ1) is 9.44. The fourth-order valence-corrected chi connectivity index (χ4v) is 2.36. The minimum absolute atomic E-state index is 0.389. The summed E-state index contributed by atoms with van der Waals surface area (Å²) in [6, 6.07) is 0.477. The normalized spacial score (nSPS) is 36.5. The molecule has 1 aliphatic heterocycles. The van der Waals surface area contributed by atoms with E-state index in [2.05, 4.69) is 12.3 Å². The number of hydrogen-bond donors (Lipinski definition) is 2. The summed E-state index contributed by atoms with van der Waals surface area (Å²) < 4.78 is 5.55. The predicted molar refractivity (Wildman–Crippen MR) is 52.0 cm³/mol. The largest absolute Gasteiger partial charge is 0.378 e. The lowest BCUT2D eigenvalue weighted by atomic mass is 9.90. The highest BCUT2D eigenvalue weighted by Crippen LogP contribution is 2.37. The van der Waals surface area contributed by atoms with Crippen LogP contribution >= 0.6 is 0 Å². The van der Waals surface area contributed by atoms with Crippen LogP contribution in [-0.4, -0.2) is 18.8 Å². The maximum absolute atomic E-state index is 5.59. The molecule has 0 bridgehead atoms. The van der Waals surface area contributed by atoms with E-state index in [1.54, 1.807) is 0 Å². The Balaban J connectivity index is 1.85. The van der Waals surface area contributed by atoms with Gasteiger partial charge in [0.15, 0.2) is 0 Å². The fourth-order valence-electron chi connectivity index (χ4n) is 2.36. The van der Waals surface area contributed by atoms with Crippen molar-refractivity contribution < 1.29 is 4.74 Å². The van der Waals surface area contributed by atoms with Crippen molar-refractivity contribution in [2.45, 2.75) is 44.8 Å². The van der Waals surface area contributed by atoms with Gasteiger partial charge in [-0.25, -0.2) is 0 Å². The first-order valence-electron chi connectivity index (χ1n) is 5.39. The third-order valence-electron chi connectivity index (χ3n) is 3.45. The molecule has 0 radical (unpaired) electrons. The van der Waals surface area contributed by atoms with Crippen LogP contribution in [0.4, 0.5) is 0 Å². The topological polar surface area (TPSA) is 47.3 Å². The van der Waals surface area contributed by atoms with Crippen molar-refractivity contribution in [1.29, 1.82) is 0 Å². The molecule has 3 N–H and O–H groups in total. The second-order valence-electron chi connectivity index (χ2n) is 4.48. The summed E-state index contributed by atoms with van der Waals surface area (Å²) in [5, 5.41) is 0. The van der Waals surface area contributed by atoms with E-state index in [1.807, 2.05) is 0 Å². The van der Waals surface area contributed by atoms with E-state index < -0.39 is 0 Å². The van der Waals surface area contributed by atoms with Crippen LogP contribution in [0.3, 0.4) is 0 Å². The molecule has 3 nitrogen and oxygen atoms in total. The zero-order chi connectivity index (χ0) is 9.26. The summed E-state index contributed by atoms with van der Waals surface area (Å²) >= 11 is 0. The van der Waals surface area contributed by atoms with Crippen molar-refractivity contribution in [3.8, 4) is 0 Å². The Morgan fingerprint density at radius 1 is 1.46 bits per heavy atom. The highest BCUT2D eigenvalue weighted by molar-refractivity contribution is 4.87. The Bertz CT molecular complexity index is 170. The van der Waals surface area contributed by atoms with Gasteiger partial charge in [0.05, 0.1) is 6.10 Å². The van der Waals surface area contributed by atoms with E-state index >= 15 is 0 Å². The Hall–Kier alpha value is -0.120. The molecule has 0 spiro atoms. The van der Waals surface area contributed by atoms with Crippen molar-refractivity contribution in [3.63, 3.8) is 0 Å². The maximum Gasteiger partial charge on any atom is 0.0591 e. The van der Waals surface area contributed by atoms with Crippen molar-refractivity contribution in [1.82, 2.24) is 5.43 Å². The summed E-state index contributed by atoms with van der Waals surface area (Å²) in [6.07, 6.45) is 5.61. The number of rotatable bonds is 4. The molecule has 1 heterocycles. The number of ether oxygens (including phenoxy) is 1. The molecule has 3 heteroatoms. The molecule has 0 amide bonds. The van der Waals surface area contributed by atoms with Gasteiger partial charge >= 0.3 is 0 Å². The van der Waals surface area contributed by atoms with E-state index in [0.717, 1.165) is 12.5 Å². The molecular formula is C10H20N2O. The lowest BCUT2D eigenvalue weighted by Crippen LogP contribution is -2.43. The Kier molecular flexibility index (Phi) is 2.86. The Labute approximate surface area is 80.0 Å². The molecule has 13 heavy (non-hydrogen) atoms. The van der Waals surface area contributed by atoms with Gasteiger partial charge in [0.2, 0.25) is 0 Å². The van der Waals surface area contributed by atoms with E-state index in [4.69, 9.17) is 10.6 Å². The van der Waals surface area contributed by atoms with Crippen molar-refractivity contribution >= 4 is 0 Å². The molecule has 0 aromatic rings. The van der Waals surface area contributed by atoms with Crippen LogP contribution in [-0.2, 0) is 4.74 Å². The smallest absolute Gasteiger partial charge is 0.0591 e. The monoisotopic (exact) mass is 184 g/mol. The van der Waals surface area contributed by atoms with Crippen LogP contribution in [0.1, 0.15) is 32.6 Å². The van der Waals surface area contributed by atoms with E-state index in [0.29, 0.717) is 18.1 Å². The van der Waals surface area contributed by atoms with Crippen LogP contribution in [0.15, 0.2) is 0 Å². The van der Waals surface area contributed by atoms with Gasteiger partial charge in [0.1, 0.15) is 0 Å². The number of nitrogens with one attached hydrogen (secondary N) is 1. The Morgan fingerprint density at radius 3 is 2.69 bits per heavy atom. The van der Waals surface area contributed by atoms with Gasteiger partial charge in [-0.3, -0.25) is 11.3 Å². The van der Waals surface area contributed by atoms with E-state index in [9.17, 15) is 0 Å². The molecule has 1 saturated heterocycles. The molecule has 3 atom stereocenters. The summed E-state index contributed by atoms with van der Waals surface area (Å²) in [5.74, 6) is 7.15. The molecule has 1 aliphatic carbocycles. The number of hydrazine groups is 1. The summed E-state index contributed by atoms with van der Waals surface area (Å²) in [5.41, 5.74) is 2.97. The Morgan fingerprint density at radius 2 is 2.23 bits per heavy atom. The second kappa shape index (κ2) is 3.95. The molecule has 0 aromatic heterocycles. The van der Waals surface area contributed by atoms with Gasteiger partial charge < -0.3 is 4.74 Å². The van der Waals surface area contributed by atoms with Crippen LogP contribution in [0.25, 0.3) is 0 Å². The molecule has 2 fully saturated rings. The highest BCUT2D eigenvalue weighted by atomic mass is 16.5. The molecule has 76 valence electrons. The van der Waals surface area contributed by atoms with Crippen molar-refractivity contribution in [2.24, 2.45) is 17.7 Å². The zero-order valence-electron chi connectivity index (χ0n) is 8.33. The SMILES string of the molecule is CC1OCCC1C(CC1CC1)NN. The molecule has 2 rings (SSSR count). The van der Waals surface area contributed by atoms with Crippen molar-refractivity contribution in [2.75, 3.05) is 6.61 Å². The van der Waals surface area contributed by atoms with Crippen LogP contribution in [0.5, 0.6) is 0 Å². The highest BCUT2D eigenvalue weighted by Gasteiger charge is 2.35. The standard InChI is InChI=1S/C10H20N2O/c1-7-9(4-5-13-7)10(12-11)6-8-2-3-8/h7-10,12H,2-6,11H2,1H3. The van der Waals surface area contributed by atoms with Gasteiger partial charge in [-0.05, 0) is 25.7 Å². The number of nitrogens with two attached hydrogens (primary N) is 1. The van der Waals surface area contributed by atoms with Crippen LogP contribution in [0, 0.1) is 11.8 Å². The van der Waals surface area contributed by atoms with Crippen molar-refractivity contribution in [3.05, 3.63) is 0 Å². The summed E-state index contributed by atoms with van der Waals surface area (Å²) in [6.45, 7) is 3.07. The molecule has 0 aromatic carbocycles. The van der Waals surface area contributed by atoms with Gasteiger partial charge in [-0.2, -0.15) is 0 Å². The third kappa shape index (κ3) is 2.22. The van der Waals surface area contributed by atoms with E-state index in [-0.39, 0.29) is 0 Å². The van der Waals surface area contributed by atoms with Crippen LogP contribution in [0.2, 0.25) is 0 Å². The van der Waals surface area contributed by atoms with Gasteiger partial charge in [0, 0.05) is 18.6 Å². The summed E-state index contributed by atoms with van der Waals surface area (Å²) in [4.78, 5) is 0. The maximum atomic E-state index is 5.59.